The van der Waals surface area contributed by atoms with E-state index in [1.54, 1.807) is 19.9 Å². The molecular weight excluding hydrogens is 240 g/mol. The number of nitrogens with zero attached hydrogens (tertiary/aromatic N) is 1. The number of nitrogens with one attached hydrogen (secondary N) is 1. The van der Waals surface area contributed by atoms with Crippen molar-refractivity contribution in [3.05, 3.63) is 34.9 Å². The summed E-state index contributed by atoms with van der Waals surface area (Å²) in [6, 6.07) is 7.45. The van der Waals surface area contributed by atoms with Gasteiger partial charge in [0.2, 0.25) is 0 Å². The second kappa shape index (κ2) is 6.91. The number of hydrogen-bond acceptors (Lipinski definition) is 4. The quantitative estimate of drug-likeness (QED) is 0.499. The predicted octanol–water partition coefficient (Wildman–Crippen LogP) is 2.37. The van der Waals surface area contributed by atoms with Crippen LogP contribution in [-0.4, -0.2) is 18.3 Å². The molecule has 5 heteroatoms. The maximum atomic E-state index is 11.2. The van der Waals surface area contributed by atoms with Crippen LogP contribution in [0.3, 0.4) is 0 Å². The molecular formula is C12H15ClN2O2. The average Bonchev–Trinajstić information content (AvgIpc) is 2.31. The fraction of sp³-hybridized carbons (Fsp3) is 0.333. The lowest BCUT2D eigenvalue weighted by Crippen LogP contribution is -2.18. The van der Waals surface area contributed by atoms with Crippen LogP contribution in [0.5, 0.6) is 0 Å². The monoisotopic (exact) mass is 254 g/mol. The molecule has 0 spiro atoms. The summed E-state index contributed by atoms with van der Waals surface area (Å²) in [6.07, 6.45) is 0. The summed E-state index contributed by atoms with van der Waals surface area (Å²) in [7, 11) is 0. The number of hydrogen-bond donors (Lipinski definition) is 1. The molecule has 0 saturated heterocycles. The van der Waals surface area contributed by atoms with Gasteiger partial charge in [-0.25, -0.2) is 4.79 Å². The van der Waals surface area contributed by atoms with Crippen molar-refractivity contribution >= 4 is 23.3 Å². The van der Waals surface area contributed by atoms with E-state index in [2.05, 4.69) is 10.5 Å². The molecule has 1 N–H and O–H groups in total. The van der Waals surface area contributed by atoms with Crippen molar-refractivity contribution in [1.82, 2.24) is 5.43 Å². The van der Waals surface area contributed by atoms with Crippen LogP contribution in [0.2, 0.25) is 5.02 Å². The van der Waals surface area contributed by atoms with Crippen molar-refractivity contribution in [2.75, 3.05) is 6.61 Å². The SMILES string of the molecule is CCOC(=O)/C(C)=N/NCc1ccccc1Cl. The molecule has 0 radical (unpaired) electrons. The van der Waals surface area contributed by atoms with Crippen LogP contribution in [0.4, 0.5) is 0 Å². The highest BCUT2D eigenvalue weighted by Crippen LogP contribution is 2.14. The Morgan fingerprint density at radius 3 is 2.82 bits per heavy atom. The smallest absolute Gasteiger partial charge is 0.354 e. The summed E-state index contributed by atoms with van der Waals surface area (Å²) >= 11 is 5.97. The van der Waals surface area contributed by atoms with Crippen LogP contribution in [-0.2, 0) is 16.1 Å². The van der Waals surface area contributed by atoms with Crippen LogP contribution >= 0.6 is 11.6 Å². The summed E-state index contributed by atoms with van der Waals surface area (Å²) in [5.41, 5.74) is 4.00. The minimum Gasteiger partial charge on any atom is -0.461 e. The third-order valence-corrected chi connectivity index (χ3v) is 2.41. The van der Waals surface area contributed by atoms with Gasteiger partial charge in [0.05, 0.1) is 13.2 Å². The topological polar surface area (TPSA) is 50.7 Å². The van der Waals surface area contributed by atoms with Gasteiger partial charge in [0, 0.05) is 5.02 Å². The minimum atomic E-state index is -0.417. The van der Waals surface area contributed by atoms with Crippen molar-refractivity contribution in [3.63, 3.8) is 0 Å². The van der Waals surface area contributed by atoms with E-state index >= 15 is 0 Å². The highest BCUT2D eigenvalue weighted by atomic mass is 35.5. The third kappa shape index (κ3) is 4.44. The van der Waals surface area contributed by atoms with Crippen LogP contribution in [0, 0.1) is 0 Å². The van der Waals surface area contributed by atoms with Gasteiger partial charge in [-0.3, -0.25) is 0 Å². The summed E-state index contributed by atoms with van der Waals surface area (Å²) in [5.74, 6) is -0.417. The number of ether oxygens (including phenoxy) is 1. The Bertz CT molecular complexity index is 419. The Balaban J connectivity index is 2.49. The second-order valence-corrected chi connectivity index (χ2v) is 3.75. The van der Waals surface area contributed by atoms with E-state index in [0.717, 1.165) is 5.56 Å². The fourth-order valence-corrected chi connectivity index (χ4v) is 1.37. The van der Waals surface area contributed by atoms with Crippen LogP contribution in [0.25, 0.3) is 0 Å². The molecule has 1 rings (SSSR count). The van der Waals surface area contributed by atoms with Crippen molar-refractivity contribution in [2.45, 2.75) is 20.4 Å². The molecule has 0 bridgehead atoms. The first-order valence-electron chi connectivity index (χ1n) is 5.32. The summed E-state index contributed by atoms with van der Waals surface area (Å²) in [6.45, 7) is 4.16. The number of carbonyl (C=O) groups is 1. The zero-order valence-electron chi connectivity index (χ0n) is 9.87. The Labute approximate surface area is 106 Å². The lowest BCUT2D eigenvalue weighted by atomic mass is 10.2. The van der Waals surface area contributed by atoms with Gasteiger partial charge in [-0.1, -0.05) is 29.8 Å². The van der Waals surface area contributed by atoms with Gasteiger partial charge in [-0.05, 0) is 25.5 Å². The molecule has 0 amide bonds. The number of hydrazone groups is 1. The maximum Gasteiger partial charge on any atom is 0.354 e. The van der Waals surface area contributed by atoms with Crippen LogP contribution in [0.15, 0.2) is 29.4 Å². The number of esters is 1. The first-order chi connectivity index (χ1) is 8.15. The molecule has 0 atom stereocenters. The lowest BCUT2D eigenvalue weighted by Gasteiger charge is -2.04. The average molecular weight is 255 g/mol. The summed E-state index contributed by atoms with van der Waals surface area (Å²) < 4.78 is 4.79. The Kier molecular flexibility index (Phi) is 5.49. The molecule has 0 saturated carbocycles. The van der Waals surface area contributed by atoms with Crippen LogP contribution in [0.1, 0.15) is 19.4 Å². The lowest BCUT2D eigenvalue weighted by molar-refractivity contribution is -0.135. The molecule has 0 aliphatic rings. The van der Waals surface area contributed by atoms with E-state index in [4.69, 9.17) is 16.3 Å². The normalized spacial score (nSPS) is 11.1. The van der Waals surface area contributed by atoms with E-state index in [1.165, 1.54) is 0 Å². The van der Waals surface area contributed by atoms with Crippen molar-refractivity contribution < 1.29 is 9.53 Å². The zero-order chi connectivity index (χ0) is 12.7. The van der Waals surface area contributed by atoms with Crippen LogP contribution < -0.4 is 5.43 Å². The maximum absolute atomic E-state index is 11.2. The Hall–Kier alpha value is -1.55. The molecule has 1 aromatic rings. The molecule has 0 aromatic heterocycles. The summed E-state index contributed by atoms with van der Waals surface area (Å²) in [5, 5.41) is 4.58. The van der Waals surface area contributed by atoms with Gasteiger partial charge in [0.1, 0.15) is 5.71 Å². The molecule has 4 nitrogen and oxygen atoms in total. The standard InChI is InChI=1S/C12H15ClN2O2/c1-3-17-12(16)9(2)15-14-8-10-6-4-5-7-11(10)13/h4-7,14H,3,8H2,1-2H3/b15-9+. The van der Waals surface area contributed by atoms with E-state index in [0.29, 0.717) is 23.9 Å². The van der Waals surface area contributed by atoms with Crippen molar-refractivity contribution in [2.24, 2.45) is 5.10 Å². The van der Waals surface area contributed by atoms with Gasteiger partial charge in [0.25, 0.3) is 0 Å². The van der Waals surface area contributed by atoms with Gasteiger partial charge in [-0.2, -0.15) is 5.10 Å². The molecule has 17 heavy (non-hydrogen) atoms. The largest absolute Gasteiger partial charge is 0.461 e. The molecule has 92 valence electrons. The number of benzene rings is 1. The van der Waals surface area contributed by atoms with Gasteiger partial charge >= 0.3 is 5.97 Å². The van der Waals surface area contributed by atoms with E-state index in [9.17, 15) is 4.79 Å². The highest BCUT2D eigenvalue weighted by molar-refractivity contribution is 6.35. The first kappa shape index (κ1) is 13.5. The summed E-state index contributed by atoms with van der Waals surface area (Å²) in [4.78, 5) is 11.2. The number of halogens is 1. The first-order valence-corrected chi connectivity index (χ1v) is 5.70. The molecule has 0 aliphatic heterocycles. The second-order valence-electron chi connectivity index (χ2n) is 3.34. The molecule has 0 fully saturated rings. The molecule has 1 aromatic carbocycles. The van der Waals surface area contributed by atoms with Gasteiger partial charge in [0.15, 0.2) is 0 Å². The highest BCUT2D eigenvalue weighted by Gasteiger charge is 2.05. The Morgan fingerprint density at radius 2 is 2.18 bits per heavy atom. The molecule has 0 aliphatic carbocycles. The van der Waals surface area contributed by atoms with Gasteiger partial charge < -0.3 is 10.2 Å². The molecule has 0 heterocycles. The van der Waals surface area contributed by atoms with E-state index < -0.39 is 5.97 Å². The van der Waals surface area contributed by atoms with E-state index in [1.807, 2.05) is 18.2 Å². The van der Waals surface area contributed by atoms with Crippen molar-refractivity contribution in [3.8, 4) is 0 Å². The van der Waals surface area contributed by atoms with Gasteiger partial charge in [-0.15, -0.1) is 0 Å². The Morgan fingerprint density at radius 1 is 1.47 bits per heavy atom. The predicted molar refractivity (Wildman–Crippen MR) is 68.0 cm³/mol. The minimum absolute atomic E-state index is 0.291. The fourth-order valence-electron chi connectivity index (χ4n) is 1.17. The van der Waals surface area contributed by atoms with E-state index in [-0.39, 0.29) is 0 Å². The third-order valence-electron chi connectivity index (χ3n) is 2.04. The van der Waals surface area contributed by atoms with Crippen molar-refractivity contribution in [1.29, 1.82) is 0 Å². The number of rotatable bonds is 5. The zero-order valence-corrected chi connectivity index (χ0v) is 10.6. The molecule has 0 unspecified atom stereocenters. The number of carbonyl (C=O) groups excluding carboxylic acids is 1.